The van der Waals surface area contributed by atoms with Crippen molar-refractivity contribution in [2.24, 2.45) is 5.73 Å². The van der Waals surface area contributed by atoms with Crippen LogP contribution >= 0.6 is 0 Å². The molecule has 7 N–H and O–H groups in total. The third-order valence-electron chi connectivity index (χ3n) is 0.129. The predicted molar refractivity (Wildman–Crippen MR) is 42.5 cm³/mol. The summed E-state index contributed by atoms with van der Waals surface area (Å²) in [5, 5.41) is 35.6. The molecule has 0 rings (SSSR count). The number of aliphatic hydroxyl groups is 1. The first-order valence-electron chi connectivity index (χ1n) is 2.94. The monoisotopic (exact) mass is 229 g/mol. The summed E-state index contributed by atoms with van der Waals surface area (Å²) < 4.78 is 0. The molecular weight excluding hydrogens is 218 g/mol. The van der Waals surface area contributed by atoms with Gasteiger partial charge in [-0.2, -0.15) is 9.59 Å². The summed E-state index contributed by atoms with van der Waals surface area (Å²) in [4.78, 5) is 33.4. The van der Waals surface area contributed by atoms with E-state index >= 15 is 0 Å². The summed E-state index contributed by atoms with van der Waals surface area (Å²) in [6, 6.07) is 0. The van der Waals surface area contributed by atoms with Crippen molar-refractivity contribution in [3.63, 3.8) is 0 Å². The molecule has 10 heteroatoms. The van der Waals surface area contributed by atoms with Crippen molar-refractivity contribution in [3.05, 3.63) is 0 Å². The minimum absolute atomic E-state index is 0.0972. The minimum Gasteiger partial charge on any atom is -0.450 e. The van der Waals surface area contributed by atoms with Crippen LogP contribution in [-0.4, -0.2) is 57.1 Å². The largest absolute Gasteiger partial charge is 0.503 e. The van der Waals surface area contributed by atoms with Gasteiger partial charge < -0.3 is 31.3 Å². The third-order valence-corrected chi connectivity index (χ3v) is 0.129. The number of nitrogens with two attached hydrogens (primary N) is 1. The van der Waals surface area contributed by atoms with E-state index in [1.54, 1.807) is 0 Å². The van der Waals surface area contributed by atoms with Crippen molar-refractivity contribution < 1.29 is 44.7 Å². The van der Waals surface area contributed by atoms with Crippen LogP contribution in [0.15, 0.2) is 0 Å². The van der Waals surface area contributed by atoms with Gasteiger partial charge in [-0.15, -0.1) is 0 Å². The van der Waals surface area contributed by atoms with Crippen LogP contribution in [0.25, 0.3) is 0 Å². The van der Waals surface area contributed by atoms with Gasteiger partial charge in [0.25, 0.3) is 0 Å². The molecule has 0 aromatic carbocycles. The fraction of sp³-hybridized carbons (Fsp3) is 0.400. The van der Waals surface area contributed by atoms with Gasteiger partial charge in [-0.3, -0.25) is 0 Å². The van der Waals surface area contributed by atoms with Crippen LogP contribution < -0.4 is 5.73 Å². The van der Waals surface area contributed by atoms with Crippen LogP contribution in [0.5, 0.6) is 0 Å². The van der Waals surface area contributed by atoms with Gasteiger partial charge >= 0.3 is 18.5 Å². The van der Waals surface area contributed by atoms with E-state index in [-0.39, 0.29) is 12.8 Å². The van der Waals surface area contributed by atoms with Crippen LogP contribution in [-0.2, 0) is 9.59 Å². The molecule has 0 heterocycles. The molecule has 0 aliphatic carbocycles. The molecule has 0 bridgehead atoms. The van der Waals surface area contributed by atoms with Crippen molar-refractivity contribution >= 4 is 18.5 Å². The second-order valence-corrected chi connectivity index (χ2v) is 1.16. The fourth-order valence-corrected chi connectivity index (χ4v) is 0. The Hall–Kier alpha value is -2.16. The van der Waals surface area contributed by atoms with E-state index in [9.17, 15) is 0 Å². The van der Waals surface area contributed by atoms with E-state index < -0.39 is 12.3 Å². The molecular formula is C5H11NO9. The van der Waals surface area contributed by atoms with Crippen LogP contribution in [0.4, 0.5) is 9.59 Å². The first-order chi connectivity index (χ1) is 6.79. The summed E-state index contributed by atoms with van der Waals surface area (Å²) in [6.45, 7) is 0.472. The standard InChI is InChI=1S/C2H7NO.2CH2O3.CO2/c3-1-2-4;2*2-1(3)4;2-1-3/h4H,1-3H2;2*(H2,2,3,4);. The quantitative estimate of drug-likeness (QED) is 0.317. The number of hydrogen-bond donors (Lipinski definition) is 6. The molecule has 0 aliphatic rings. The molecule has 0 unspecified atom stereocenters. The highest BCUT2D eigenvalue weighted by molar-refractivity contribution is 5.53. The van der Waals surface area contributed by atoms with Gasteiger partial charge in [0.15, 0.2) is 0 Å². The molecule has 0 aliphatic heterocycles. The molecule has 0 aromatic rings. The van der Waals surface area contributed by atoms with E-state index in [1.165, 1.54) is 0 Å². The Morgan fingerprint density at radius 3 is 1.07 bits per heavy atom. The molecule has 0 amide bonds. The first-order valence-corrected chi connectivity index (χ1v) is 2.94. The Balaban J connectivity index is -0.0000000542. The maximum absolute atomic E-state index is 8.56. The topological polar surface area (TPSA) is 195 Å². The number of carbonyl (C=O) groups excluding carboxylic acids is 2. The highest BCUT2D eigenvalue weighted by Gasteiger charge is 1.70. The average molecular weight is 229 g/mol. The Labute approximate surface area is 83.2 Å². The lowest BCUT2D eigenvalue weighted by Crippen LogP contribution is -2.02. The van der Waals surface area contributed by atoms with Gasteiger partial charge in [-0.1, -0.05) is 0 Å². The Bertz CT molecular complexity index is 151. The number of carbonyl (C=O) groups is 2. The van der Waals surface area contributed by atoms with Crippen LogP contribution in [0.2, 0.25) is 0 Å². The summed E-state index contributed by atoms with van der Waals surface area (Å²) in [5.41, 5.74) is 4.78. The molecule has 90 valence electrons. The van der Waals surface area contributed by atoms with Crippen molar-refractivity contribution in [3.8, 4) is 0 Å². The number of aliphatic hydroxyl groups excluding tert-OH is 1. The minimum atomic E-state index is -1.83. The van der Waals surface area contributed by atoms with Crippen molar-refractivity contribution in [2.75, 3.05) is 13.2 Å². The number of hydrogen-bond acceptors (Lipinski definition) is 6. The van der Waals surface area contributed by atoms with Gasteiger partial charge in [0, 0.05) is 6.54 Å². The molecule has 0 saturated carbocycles. The van der Waals surface area contributed by atoms with Gasteiger partial charge in [-0.05, 0) is 0 Å². The normalized spacial score (nSPS) is 5.73. The molecule has 0 radical (unpaired) electrons. The lowest BCUT2D eigenvalue weighted by molar-refractivity contribution is -0.191. The van der Waals surface area contributed by atoms with Gasteiger partial charge in [-0.25, -0.2) is 9.59 Å². The zero-order valence-corrected chi connectivity index (χ0v) is 7.36. The molecule has 0 fully saturated rings. The molecule has 0 spiro atoms. The Morgan fingerprint density at radius 1 is 1.00 bits per heavy atom. The zero-order valence-electron chi connectivity index (χ0n) is 7.36. The highest BCUT2D eigenvalue weighted by atomic mass is 16.6. The predicted octanol–water partition coefficient (Wildman–Crippen LogP) is -1.20. The summed E-state index contributed by atoms with van der Waals surface area (Å²) >= 11 is 0. The van der Waals surface area contributed by atoms with E-state index in [0.29, 0.717) is 6.54 Å². The van der Waals surface area contributed by atoms with Gasteiger partial charge in [0.2, 0.25) is 0 Å². The molecule has 0 atom stereocenters. The van der Waals surface area contributed by atoms with Crippen molar-refractivity contribution in [1.82, 2.24) is 0 Å². The highest BCUT2D eigenvalue weighted by Crippen LogP contribution is 1.43. The molecule has 10 nitrogen and oxygen atoms in total. The van der Waals surface area contributed by atoms with Crippen molar-refractivity contribution in [1.29, 1.82) is 0 Å². The second kappa shape index (κ2) is 29.7. The summed E-state index contributed by atoms with van der Waals surface area (Å²) in [6.07, 6.45) is -3.42. The maximum atomic E-state index is 8.56. The van der Waals surface area contributed by atoms with Gasteiger partial charge in [0.05, 0.1) is 6.61 Å². The average Bonchev–Trinajstić information content (AvgIpc) is 2.03. The zero-order chi connectivity index (χ0) is 13.3. The number of carboxylic acid groups (broad SMARTS) is 4. The fourth-order valence-electron chi connectivity index (χ4n) is 0. The van der Waals surface area contributed by atoms with E-state index in [2.05, 4.69) is 0 Å². The Morgan fingerprint density at radius 2 is 1.07 bits per heavy atom. The van der Waals surface area contributed by atoms with Crippen LogP contribution in [0, 0.1) is 0 Å². The summed E-state index contributed by atoms with van der Waals surface area (Å²) in [7, 11) is 0. The second-order valence-electron chi connectivity index (χ2n) is 1.16. The van der Waals surface area contributed by atoms with Gasteiger partial charge in [0.1, 0.15) is 0 Å². The molecule has 0 aromatic heterocycles. The SMILES string of the molecule is NCCO.O=C(O)O.O=C(O)O.O=C=O. The third kappa shape index (κ3) is 852. The molecule has 15 heavy (non-hydrogen) atoms. The Kier molecular flexibility index (Phi) is 45.7. The first kappa shape index (κ1) is 23.0. The van der Waals surface area contributed by atoms with Crippen LogP contribution in [0.3, 0.4) is 0 Å². The smallest absolute Gasteiger partial charge is 0.450 e. The van der Waals surface area contributed by atoms with E-state index in [0.717, 1.165) is 0 Å². The maximum Gasteiger partial charge on any atom is 0.503 e. The molecule has 0 saturated heterocycles. The number of rotatable bonds is 1. The van der Waals surface area contributed by atoms with E-state index in [1.807, 2.05) is 0 Å². The van der Waals surface area contributed by atoms with E-state index in [4.69, 9.17) is 50.4 Å². The summed E-state index contributed by atoms with van der Waals surface area (Å²) in [5.74, 6) is 0. The van der Waals surface area contributed by atoms with Crippen molar-refractivity contribution in [2.45, 2.75) is 0 Å². The van der Waals surface area contributed by atoms with Crippen LogP contribution in [0.1, 0.15) is 0 Å². The lowest BCUT2D eigenvalue weighted by atomic mass is 10.8. The lowest BCUT2D eigenvalue weighted by Gasteiger charge is -1.71.